The number of phenols is 1. The molecule has 0 saturated heterocycles. The number of carbonyl (C=O) groups excluding carboxylic acids is 1. The van der Waals surface area contributed by atoms with Gasteiger partial charge < -0.3 is 10.2 Å². The van der Waals surface area contributed by atoms with Crippen LogP contribution in [0.15, 0.2) is 36.5 Å². The fraction of sp³-hybridized carbons (Fsp3) is 0.200. The number of ketones is 1. The number of benzene rings is 2. The molecule has 0 aliphatic heterocycles. The van der Waals surface area contributed by atoms with Crippen molar-refractivity contribution in [3.05, 3.63) is 57.7 Å². The molecule has 3 aromatic rings. The third-order valence-corrected chi connectivity index (χ3v) is 5.36. The van der Waals surface area contributed by atoms with Gasteiger partial charge in [-0.25, -0.2) is 0 Å². The molecule has 0 bridgehead atoms. The summed E-state index contributed by atoms with van der Waals surface area (Å²) >= 11 is 12.6. The molecule has 1 aliphatic carbocycles. The second-order valence-corrected chi connectivity index (χ2v) is 7.27. The highest BCUT2D eigenvalue weighted by atomic mass is 35.5. The van der Waals surface area contributed by atoms with Crippen molar-refractivity contribution >= 4 is 39.9 Å². The molecule has 4 rings (SSSR count). The number of aromatic nitrogens is 1. The number of fused-ring (bicyclic) bond motifs is 1. The predicted octanol–water partition coefficient (Wildman–Crippen LogP) is 5.00. The van der Waals surface area contributed by atoms with Crippen LogP contribution in [0.3, 0.4) is 0 Å². The maximum Gasteiger partial charge on any atom is 0.169 e. The van der Waals surface area contributed by atoms with Crippen LogP contribution in [0.1, 0.15) is 28.8 Å². The molecule has 2 aromatic carbocycles. The first-order valence-corrected chi connectivity index (χ1v) is 9.00. The molecule has 4 nitrogen and oxygen atoms in total. The van der Waals surface area contributed by atoms with Crippen molar-refractivity contribution in [1.82, 2.24) is 4.98 Å². The first-order valence-electron chi connectivity index (χ1n) is 8.24. The van der Waals surface area contributed by atoms with E-state index < -0.39 is 0 Å². The van der Waals surface area contributed by atoms with E-state index in [4.69, 9.17) is 23.2 Å². The van der Waals surface area contributed by atoms with Crippen LogP contribution in [0.25, 0.3) is 22.0 Å². The molecule has 1 aromatic heterocycles. The Labute approximate surface area is 160 Å². The van der Waals surface area contributed by atoms with Gasteiger partial charge in [0.05, 0.1) is 27.7 Å². The first kappa shape index (κ1) is 17.3. The summed E-state index contributed by atoms with van der Waals surface area (Å²) in [6, 6.07) is 8.82. The van der Waals surface area contributed by atoms with E-state index in [1.165, 1.54) is 0 Å². The van der Waals surface area contributed by atoms with Gasteiger partial charge in [0.25, 0.3) is 0 Å². The lowest BCUT2D eigenvalue weighted by Gasteiger charge is -2.11. The second kappa shape index (κ2) is 6.54. The molecule has 0 radical (unpaired) electrons. The maximum atomic E-state index is 12.4. The normalized spacial score (nSPS) is 14.0. The van der Waals surface area contributed by atoms with E-state index in [1.807, 2.05) is 18.2 Å². The van der Waals surface area contributed by atoms with Crippen LogP contribution >= 0.6 is 23.2 Å². The molecule has 6 heteroatoms. The Hall–Kier alpha value is -2.14. The number of carbonyl (C=O) groups is 1. The fourth-order valence-corrected chi connectivity index (χ4v) is 3.55. The third kappa shape index (κ3) is 2.94. The number of halogens is 2. The first-order chi connectivity index (χ1) is 12.5. The Morgan fingerprint density at radius 1 is 1.15 bits per heavy atom. The lowest BCUT2D eigenvalue weighted by molar-refractivity contribution is 0.0967. The number of aliphatic hydroxyl groups excluding tert-OH is 1. The second-order valence-electron chi connectivity index (χ2n) is 6.48. The molecule has 0 atom stereocenters. The van der Waals surface area contributed by atoms with E-state index in [9.17, 15) is 15.0 Å². The number of pyridine rings is 1. The number of hydrogen-bond donors (Lipinski definition) is 2. The zero-order valence-corrected chi connectivity index (χ0v) is 15.2. The van der Waals surface area contributed by atoms with Gasteiger partial charge in [-0.2, -0.15) is 0 Å². The Bertz CT molecular complexity index is 1040. The van der Waals surface area contributed by atoms with Crippen molar-refractivity contribution in [2.24, 2.45) is 5.92 Å². The van der Waals surface area contributed by atoms with E-state index in [1.54, 1.807) is 18.3 Å². The van der Waals surface area contributed by atoms with E-state index in [0.29, 0.717) is 27.1 Å². The minimum atomic E-state index is -0.324. The molecular formula is C20H15Cl2NO3. The summed E-state index contributed by atoms with van der Waals surface area (Å²) in [5.41, 5.74) is 3.02. The Balaban J connectivity index is 1.86. The van der Waals surface area contributed by atoms with E-state index in [0.717, 1.165) is 24.0 Å². The molecule has 1 aliphatic rings. The largest absolute Gasteiger partial charge is 0.506 e. The van der Waals surface area contributed by atoms with Crippen LogP contribution in [-0.4, -0.2) is 21.0 Å². The van der Waals surface area contributed by atoms with Gasteiger partial charge in [0.15, 0.2) is 5.78 Å². The van der Waals surface area contributed by atoms with Gasteiger partial charge in [0.1, 0.15) is 5.75 Å². The van der Waals surface area contributed by atoms with Crippen molar-refractivity contribution < 1.29 is 15.0 Å². The molecule has 0 amide bonds. The van der Waals surface area contributed by atoms with E-state index in [2.05, 4.69) is 4.98 Å². The third-order valence-electron chi connectivity index (χ3n) is 4.66. The standard InChI is InChI=1S/C20H15Cl2NO3/c21-16-7-12(5-13(9-24)20(16)26)11-3-4-17-14(6-11)18(22)15(8-23-17)19(25)10-1-2-10/h3-8,10,24,26H,1-2,9H2. The monoisotopic (exact) mass is 387 g/mol. The zero-order valence-electron chi connectivity index (χ0n) is 13.7. The Kier molecular flexibility index (Phi) is 4.35. The highest BCUT2D eigenvalue weighted by Crippen LogP contribution is 2.38. The number of Topliss-reactive ketones (excluding diaryl/α,β-unsaturated/α-hetero) is 1. The number of aliphatic hydroxyl groups is 1. The Morgan fingerprint density at radius 2 is 1.92 bits per heavy atom. The smallest absolute Gasteiger partial charge is 0.169 e. The van der Waals surface area contributed by atoms with Gasteiger partial charge >= 0.3 is 0 Å². The summed E-state index contributed by atoms with van der Waals surface area (Å²) in [6.07, 6.45) is 3.36. The number of hydrogen-bond acceptors (Lipinski definition) is 4. The fourth-order valence-electron chi connectivity index (χ4n) is 3.02. The molecule has 1 saturated carbocycles. The predicted molar refractivity (Wildman–Crippen MR) is 102 cm³/mol. The van der Waals surface area contributed by atoms with Crippen LogP contribution in [0.5, 0.6) is 5.75 Å². The zero-order chi connectivity index (χ0) is 18.4. The highest BCUT2D eigenvalue weighted by Gasteiger charge is 2.32. The van der Waals surface area contributed by atoms with Gasteiger partial charge in [-0.15, -0.1) is 0 Å². The quantitative estimate of drug-likeness (QED) is 0.617. The molecular weight excluding hydrogens is 373 g/mol. The summed E-state index contributed by atoms with van der Waals surface area (Å²) in [5.74, 6) is -0.0151. The topological polar surface area (TPSA) is 70.4 Å². The van der Waals surface area contributed by atoms with Crippen molar-refractivity contribution in [2.75, 3.05) is 0 Å². The van der Waals surface area contributed by atoms with Crippen LogP contribution in [-0.2, 0) is 6.61 Å². The molecule has 26 heavy (non-hydrogen) atoms. The SMILES string of the molecule is O=C(c1cnc2ccc(-c3cc(Cl)c(O)c(CO)c3)cc2c1Cl)C1CC1. The molecule has 132 valence electrons. The van der Waals surface area contributed by atoms with Crippen LogP contribution < -0.4 is 0 Å². The van der Waals surface area contributed by atoms with Crippen LogP contribution in [0.4, 0.5) is 0 Å². The minimum Gasteiger partial charge on any atom is -0.506 e. The summed E-state index contributed by atoms with van der Waals surface area (Å²) < 4.78 is 0. The molecule has 0 spiro atoms. The number of nitrogens with zero attached hydrogens (tertiary/aromatic N) is 1. The van der Waals surface area contributed by atoms with E-state index >= 15 is 0 Å². The number of rotatable bonds is 4. The molecule has 0 unspecified atom stereocenters. The van der Waals surface area contributed by atoms with Crippen LogP contribution in [0.2, 0.25) is 10.0 Å². The summed E-state index contributed by atoms with van der Waals surface area (Å²) in [7, 11) is 0. The van der Waals surface area contributed by atoms with Gasteiger partial charge in [-0.1, -0.05) is 29.3 Å². The lowest BCUT2D eigenvalue weighted by Crippen LogP contribution is -2.03. The van der Waals surface area contributed by atoms with E-state index in [-0.39, 0.29) is 29.1 Å². The Morgan fingerprint density at radius 3 is 2.62 bits per heavy atom. The molecule has 2 N–H and O–H groups in total. The van der Waals surface area contributed by atoms with Crippen molar-refractivity contribution in [3.63, 3.8) is 0 Å². The lowest BCUT2D eigenvalue weighted by atomic mass is 9.99. The van der Waals surface area contributed by atoms with Crippen molar-refractivity contribution in [1.29, 1.82) is 0 Å². The van der Waals surface area contributed by atoms with Gasteiger partial charge in [-0.05, 0) is 48.2 Å². The highest BCUT2D eigenvalue weighted by molar-refractivity contribution is 6.38. The maximum absolute atomic E-state index is 12.4. The summed E-state index contributed by atoms with van der Waals surface area (Å²) in [5, 5.41) is 20.5. The van der Waals surface area contributed by atoms with Gasteiger partial charge in [-0.3, -0.25) is 9.78 Å². The summed E-state index contributed by atoms with van der Waals surface area (Å²) in [6.45, 7) is -0.324. The average Bonchev–Trinajstić information content (AvgIpc) is 3.49. The average molecular weight is 388 g/mol. The molecule has 1 fully saturated rings. The van der Waals surface area contributed by atoms with Crippen molar-refractivity contribution in [2.45, 2.75) is 19.4 Å². The van der Waals surface area contributed by atoms with Gasteiger partial charge in [0, 0.05) is 23.1 Å². The minimum absolute atomic E-state index is 0.0463. The van der Waals surface area contributed by atoms with Gasteiger partial charge in [0.2, 0.25) is 0 Å². The molecule has 1 heterocycles. The van der Waals surface area contributed by atoms with Crippen molar-refractivity contribution in [3.8, 4) is 16.9 Å². The summed E-state index contributed by atoms with van der Waals surface area (Å²) in [4.78, 5) is 16.8. The number of aromatic hydroxyl groups is 1. The van der Waals surface area contributed by atoms with Crippen LogP contribution in [0, 0.1) is 5.92 Å².